The summed E-state index contributed by atoms with van der Waals surface area (Å²) in [4.78, 5) is 24.4. The maximum Gasteiger partial charge on any atom is 0.326 e. The number of carboxylic acids is 1. The van der Waals surface area contributed by atoms with Gasteiger partial charge in [-0.2, -0.15) is 5.10 Å². The van der Waals surface area contributed by atoms with Crippen LogP contribution in [0.15, 0.2) is 6.08 Å². The van der Waals surface area contributed by atoms with Gasteiger partial charge in [-0.1, -0.05) is 0 Å². The Morgan fingerprint density at radius 1 is 1.38 bits per heavy atom. The molecule has 1 aliphatic rings. The highest BCUT2D eigenvalue weighted by atomic mass is 16.4. The molecule has 1 fully saturated rings. The maximum atomic E-state index is 12.1. The second-order valence-electron chi connectivity index (χ2n) is 5.28. The second kappa shape index (κ2) is 5.69. The van der Waals surface area contributed by atoms with Gasteiger partial charge in [-0.05, 0) is 19.9 Å². The first-order valence-electron chi connectivity index (χ1n) is 6.71. The number of aliphatic hydroxyl groups is 1. The topological polar surface area (TPSA) is 95.7 Å². The third-order valence-corrected chi connectivity index (χ3v) is 3.80. The van der Waals surface area contributed by atoms with Gasteiger partial charge in [0.2, 0.25) is 5.91 Å². The van der Waals surface area contributed by atoms with Crippen molar-refractivity contribution in [2.45, 2.75) is 32.4 Å². The van der Waals surface area contributed by atoms with Crippen molar-refractivity contribution < 1.29 is 19.8 Å². The fourth-order valence-electron chi connectivity index (χ4n) is 2.57. The molecule has 2 N–H and O–H groups in total. The van der Waals surface area contributed by atoms with Crippen molar-refractivity contribution in [1.29, 1.82) is 0 Å². The molecule has 0 aromatic carbocycles. The zero-order chi connectivity index (χ0) is 15.7. The molecule has 0 spiro atoms. The lowest BCUT2D eigenvalue weighted by Crippen LogP contribution is -2.39. The van der Waals surface area contributed by atoms with E-state index in [9.17, 15) is 14.7 Å². The molecule has 7 heteroatoms. The van der Waals surface area contributed by atoms with Gasteiger partial charge >= 0.3 is 5.97 Å². The zero-order valence-electron chi connectivity index (χ0n) is 12.3. The molecule has 2 atom stereocenters. The van der Waals surface area contributed by atoms with Crippen molar-refractivity contribution >= 4 is 18.0 Å². The fraction of sp³-hybridized carbons (Fsp3) is 0.500. The molecule has 0 bridgehead atoms. The van der Waals surface area contributed by atoms with Gasteiger partial charge in [0.25, 0.3) is 0 Å². The van der Waals surface area contributed by atoms with E-state index in [-0.39, 0.29) is 13.0 Å². The highest BCUT2D eigenvalue weighted by Crippen LogP contribution is 2.20. The number of carboxylic acid groups (broad SMARTS) is 1. The second-order valence-corrected chi connectivity index (χ2v) is 5.28. The minimum Gasteiger partial charge on any atom is -0.480 e. The van der Waals surface area contributed by atoms with Crippen molar-refractivity contribution in [3.8, 4) is 0 Å². The average Bonchev–Trinajstić information content (AvgIpc) is 2.90. The quantitative estimate of drug-likeness (QED) is 0.770. The van der Waals surface area contributed by atoms with Crippen molar-refractivity contribution in [1.82, 2.24) is 14.7 Å². The first kappa shape index (κ1) is 15.2. The summed E-state index contributed by atoms with van der Waals surface area (Å²) in [5, 5.41) is 22.9. The van der Waals surface area contributed by atoms with E-state index in [4.69, 9.17) is 5.11 Å². The minimum atomic E-state index is -1.10. The number of aryl methyl sites for hydroxylation is 2. The summed E-state index contributed by atoms with van der Waals surface area (Å²) >= 11 is 0. The van der Waals surface area contributed by atoms with Gasteiger partial charge < -0.3 is 15.1 Å². The largest absolute Gasteiger partial charge is 0.480 e. The van der Waals surface area contributed by atoms with E-state index in [0.717, 1.165) is 17.0 Å². The fourth-order valence-corrected chi connectivity index (χ4v) is 2.57. The molecule has 21 heavy (non-hydrogen) atoms. The number of likely N-dealkylation sites (tertiary alicyclic amines) is 1. The van der Waals surface area contributed by atoms with Gasteiger partial charge in [-0.15, -0.1) is 0 Å². The first-order valence-corrected chi connectivity index (χ1v) is 6.71. The Bertz CT molecular complexity index is 606. The van der Waals surface area contributed by atoms with Gasteiger partial charge in [0.05, 0.1) is 11.8 Å². The number of hydrogen-bond donors (Lipinski definition) is 2. The Morgan fingerprint density at radius 2 is 2.05 bits per heavy atom. The maximum absolute atomic E-state index is 12.1. The van der Waals surface area contributed by atoms with Gasteiger partial charge in [0, 0.05) is 37.3 Å². The Balaban J connectivity index is 2.17. The number of carbonyl (C=O) groups is 2. The zero-order valence-corrected chi connectivity index (χ0v) is 12.3. The summed E-state index contributed by atoms with van der Waals surface area (Å²) in [7, 11) is 1.82. The lowest BCUT2D eigenvalue weighted by molar-refractivity contribution is -0.146. The molecular formula is C14H19N3O4. The Labute approximate surface area is 122 Å². The number of rotatable bonds is 3. The summed E-state index contributed by atoms with van der Waals surface area (Å²) < 4.78 is 1.72. The van der Waals surface area contributed by atoms with Gasteiger partial charge in [0.15, 0.2) is 0 Å². The minimum absolute atomic E-state index is 0.0468. The Morgan fingerprint density at radius 3 is 2.57 bits per heavy atom. The number of aliphatic hydroxyl groups excluding tert-OH is 1. The number of aromatic nitrogens is 2. The van der Waals surface area contributed by atoms with Crippen molar-refractivity contribution in [2.24, 2.45) is 7.05 Å². The van der Waals surface area contributed by atoms with Gasteiger partial charge in [0.1, 0.15) is 6.04 Å². The highest BCUT2D eigenvalue weighted by molar-refractivity contribution is 5.95. The molecule has 1 saturated heterocycles. The molecule has 2 rings (SSSR count). The van der Waals surface area contributed by atoms with Crippen LogP contribution in [0, 0.1) is 13.8 Å². The van der Waals surface area contributed by atoms with E-state index in [1.807, 2.05) is 20.9 Å². The number of nitrogens with zero attached hydrogens (tertiary/aromatic N) is 3. The summed E-state index contributed by atoms with van der Waals surface area (Å²) in [5.41, 5.74) is 2.57. The molecular weight excluding hydrogens is 274 g/mol. The predicted octanol–water partition coefficient (Wildman–Crippen LogP) is 0.0965. The van der Waals surface area contributed by atoms with Crippen LogP contribution in [0.2, 0.25) is 0 Å². The van der Waals surface area contributed by atoms with Crippen molar-refractivity contribution in [3.63, 3.8) is 0 Å². The molecule has 7 nitrogen and oxygen atoms in total. The summed E-state index contributed by atoms with van der Waals surface area (Å²) in [5.74, 6) is -1.51. The molecule has 1 amide bonds. The van der Waals surface area contributed by atoms with Crippen LogP contribution in [0.1, 0.15) is 23.4 Å². The monoisotopic (exact) mass is 293 g/mol. The van der Waals surface area contributed by atoms with Crippen LogP contribution < -0.4 is 0 Å². The summed E-state index contributed by atoms with van der Waals surface area (Å²) in [6.45, 7) is 3.78. The number of amides is 1. The predicted molar refractivity (Wildman–Crippen MR) is 75.5 cm³/mol. The van der Waals surface area contributed by atoms with E-state index in [0.29, 0.717) is 0 Å². The van der Waals surface area contributed by atoms with Crippen molar-refractivity contribution in [3.05, 3.63) is 23.0 Å². The molecule has 1 aromatic heterocycles. The van der Waals surface area contributed by atoms with Crippen LogP contribution in [0.5, 0.6) is 0 Å². The smallest absolute Gasteiger partial charge is 0.326 e. The molecule has 0 radical (unpaired) electrons. The molecule has 1 aromatic rings. The number of β-amino-alcohol motifs (C(OH)–C–C–N with tert-alkyl or cyclic N) is 1. The van der Waals surface area contributed by atoms with E-state index < -0.39 is 24.0 Å². The van der Waals surface area contributed by atoms with Gasteiger partial charge in [-0.3, -0.25) is 9.48 Å². The van der Waals surface area contributed by atoms with E-state index in [1.54, 1.807) is 10.8 Å². The van der Waals surface area contributed by atoms with Crippen molar-refractivity contribution in [2.75, 3.05) is 6.54 Å². The van der Waals surface area contributed by atoms with Crippen LogP contribution in [0.4, 0.5) is 0 Å². The third kappa shape index (κ3) is 2.97. The lowest BCUT2D eigenvalue weighted by atomic mass is 10.1. The SMILES string of the molecule is Cc1nn(C)c(C)c1C=CC(=O)N1C[C@H](O)C[C@H]1C(=O)O. The molecule has 1 aliphatic heterocycles. The molecule has 2 heterocycles. The number of aliphatic carboxylic acids is 1. The molecule has 0 unspecified atom stereocenters. The highest BCUT2D eigenvalue weighted by Gasteiger charge is 2.38. The Kier molecular flexibility index (Phi) is 4.13. The molecule has 0 aliphatic carbocycles. The van der Waals surface area contributed by atoms with E-state index >= 15 is 0 Å². The Hall–Kier alpha value is -2.15. The van der Waals surface area contributed by atoms with Gasteiger partial charge in [-0.25, -0.2) is 4.79 Å². The normalized spacial score (nSPS) is 22.2. The summed E-state index contributed by atoms with van der Waals surface area (Å²) in [6, 6.07) is -0.965. The van der Waals surface area contributed by atoms with E-state index in [1.165, 1.54) is 11.0 Å². The molecule has 0 saturated carbocycles. The van der Waals surface area contributed by atoms with E-state index in [2.05, 4.69) is 5.10 Å². The summed E-state index contributed by atoms with van der Waals surface area (Å²) in [6.07, 6.45) is 2.26. The number of carbonyl (C=O) groups excluding carboxylic acids is 1. The average molecular weight is 293 g/mol. The third-order valence-electron chi connectivity index (χ3n) is 3.80. The van der Waals surface area contributed by atoms with Crippen LogP contribution in [0.3, 0.4) is 0 Å². The number of hydrogen-bond acceptors (Lipinski definition) is 4. The lowest BCUT2D eigenvalue weighted by Gasteiger charge is -2.19. The van der Waals surface area contributed by atoms with Crippen LogP contribution in [-0.4, -0.2) is 55.5 Å². The first-order chi connectivity index (χ1) is 9.81. The molecule has 114 valence electrons. The van der Waals surface area contributed by atoms with Crippen LogP contribution in [-0.2, 0) is 16.6 Å². The standard InChI is InChI=1S/C14H19N3O4/c1-8-11(9(2)16(3)15-8)4-5-13(19)17-7-10(18)6-12(17)14(20)21/h4-5,10,12,18H,6-7H2,1-3H3,(H,20,21)/t10-,12+/m1/s1. The van der Waals surface area contributed by atoms with Crippen LogP contribution >= 0.6 is 0 Å². The van der Waals surface area contributed by atoms with Crippen LogP contribution in [0.25, 0.3) is 6.08 Å².